The van der Waals surface area contributed by atoms with Crippen molar-refractivity contribution in [2.45, 2.75) is 19.1 Å². The van der Waals surface area contributed by atoms with Crippen LogP contribution in [-0.4, -0.2) is 30.8 Å². The van der Waals surface area contributed by atoms with Crippen LogP contribution in [0.4, 0.5) is 4.79 Å². The minimum absolute atomic E-state index is 0.167. The van der Waals surface area contributed by atoms with Gasteiger partial charge in [0, 0.05) is 6.42 Å². The molecule has 0 heterocycles. The van der Waals surface area contributed by atoms with Crippen molar-refractivity contribution in [2.75, 3.05) is 0 Å². The van der Waals surface area contributed by atoms with E-state index in [1.54, 1.807) is 12.1 Å². The first-order valence-electron chi connectivity index (χ1n) is 7.31. The lowest BCUT2D eigenvalue weighted by molar-refractivity contribution is -0.139. The Labute approximate surface area is 135 Å². The van der Waals surface area contributed by atoms with Crippen LogP contribution in [0.1, 0.15) is 11.1 Å². The van der Waals surface area contributed by atoms with E-state index in [0.717, 1.165) is 11.1 Å². The molecule has 6 heteroatoms. The van der Waals surface area contributed by atoms with E-state index < -0.39 is 12.0 Å². The molecule has 2 aromatic rings. The Morgan fingerprint density at radius 2 is 1.74 bits per heavy atom. The maximum absolute atomic E-state index is 11.3. The summed E-state index contributed by atoms with van der Waals surface area (Å²) in [6.45, 7) is 0.399. The highest BCUT2D eigenvalue weighted by molar-refractivity contribution is 6.57. The van der Waals surface area contributed by atoms with Gasteiger partial charge in [-0.15, -0.1) is 0 Å². The number of benzene rings is 2. The molecule has 0 radical (unpaired) electrons. The SMILES string of the molecule is BC(=O)N[C@H](Cc1ccccc1OCc1ccccc1)C(=O)O. The van der Waals surface area contributed by atoms with E-state index in [1.807, 2.05) is 42.5 Å². The highest BCUT2D eigenvalue weighted by Gasteiger charge is 2.20. The summed E-state index contributed by atoms with van der Waals surface area (Å²) in [7, 11) is 1.30. The number of rotatable bonds is 7. The van der Waals surface area contributed by atoms with Gasteiger partial charge in [0.15, 0.2) is 5.81 Å². The predicted octanol–water partition coefficient (Wildman–Crippen LogP) is 1.60. The molecule has 1 atom stereocenters. The fraction of sp³-hybridized carbons (Fsp3) is 0.176. The summed E-state index contributed by atoms with van der Waals surface area (Å²) in [4.78, 5) is 22.4. The average molecular weight is 311 g/mol. The van der Waals surface area contributed by atoms with E-state index >= 15 is 0 Å². The van der Waals surface area contributed by atoms with E-state index in [0.29, 0.717) is 12.4 Å². The molecule has 0 saturated heterocycles. The van der Waals surface area contributed by atoms with Crippen LogP contribution in [0.3, 0.4) is 0 Å². The summed E-state index contributed by atoms with van der Waals surface area (Å²) in [5.74, 6) is -0.828. The Balaban J connectivity index is 2.10. The molecule has 23 heavy (non-hydrogen) atoms. The number of hydrogen-bond acceptors (Lipinski definition) is 3. The van der Waals surface area contributed by atoms with E-state index in [2.05, 4.69) is 5.32 Å². The first kappa shape index (κ1) is 16.6. The summed E-state index contributed by atoms with van der Waals surface area (Å²) in [6.07, 6.45) is 0.167. The van der Waals surface area contributed by atoms with Crippen molar-refractivity contribution in [2.24, 2.45) is 0 Å². The maximum atomic E-state index is 11.3. The van der Waals surface area contributed by atoms with Gasteiger partial charge < -0.3 is 15.2 Å². The summed E-state index contributed by atoms with van der Waals surface area (Å²) >= 11 is 0. The largest absolute Gasteiger partial charge is 0.489 e. The van der Waals surface area contributed by atoms with Crippen LogP contribution in [0, 0.1) is 0 Å². The minimum Gasteiger partial charge on any atom is -0.489 e. The number of ether oxygens (including phenoxy) is 1. The van der Waals surface area contributed by atoms with E-state index in [1.165, 1.54) is 7.85 Å². The van der Waals surface area contributed by atoms with Crippen molar-refractivity contribution in [3.63, 3.8) is 0 Å². The van der Waals surface area contributed by atoms with Gasteiger partial charge in [-0.3, -0.25) is 4.79 Å². The number of carboxylic acids is 1. The molecule has 0 aliphatic heterocycles. The molecule has 2 N–H and O–H groups in total. The summed E-state index contributed by atoms with van der Waals surface area (Å²) in [6, 6.07) is 16.0. The van der Waals surface area contributed by atoms with Gasteiger partial charge in [0.1, 0.15) is 18.4 Å². The van der Waals surface area contributed by atoms with Crippen molar-refractivity contribution in [3.05, 3.63) is 65.7 Å². The van der Waals surface area contributed by atoms with Gasteiger partial charge in [-0.2, -0.15) is 0 Å². The Hall–Kier alpha value is -2.76. The molecule has 2 aromatic carbocycles. The van der Waals surface area contributed by atoms with Crippen molar-refractivity contribution in [1.82, 2.24) is 5.32 Å². The first-order chi connectivity index (χ1) is 11.1. The Morgan fingerprint density at radius 3 is 2.39 bits per heavy atom. The van der Waals surface area contributed by atoms with Crippen LogP contribution in [0.25, 0.3) is 0 Å². The van der Waals surface area contributed by atoms with E-state index in [-0.39, 0.29) is 12.2 Å². The van der Waals surface area contributed by atoms with Crippen molar-refractivity contribution in [1.29, 1.82) is 0 Å². The Kier molecular flexibility index (Phi) is 5.80. The van der Waals surface area contributed by atoms with Crippen LogP contribution in [0.5, 0.6) is 5.75 Å². The molecular formula is C17H18BNO4. The van der Waals surface area contributed by atoms with Crippen LogP contribution in [-0.2, 0) is 17.8 Å². The van der Waals surface area contributed by atoms with Crippen LogP contribution < -0.4 is 10.1 Å². The molecular weight excluding hydrogens is 293 g/mol. The number of carbonyl (C=O) groups is 2. The normalized spacial score (nSPS) is 11.5. The van der Waals surface area contributed by atoms with Gasteiger partial charge in [0.05, 0.1) is 0 Å². The lowest BCUT2D eigenvalue weighted by Crippen LogP contribution is -2.41. The predicted molar refractivity (Wildman–Crippen MR) is 89.4 cm³/mol. The third-order valence-electron chi connectivity index (χ3n) is 3.31. The second kappa shape index (κ2) is 8.03. The van der Waals surface area contributed by atoms with Crippen LogP contribution >= 0.6 is 0 Å². The van der Waals surface area contributed by atoms with Crippen molar-refractivity contribution >= 4 is 19.6 Å². The third kappa shape index (κ3) is 5.18. The van der Waals surface area contributed by atoms with Gasteiger partial charge in [-0.25, -0.2) is 4.79 Å². The number of carbonyl (C=O) groups excluding carboxylic acids is 1. The van der Waals surface area contributed by atoms with Crippen molar-refractivity contribution < 1.29 is 19.4 Å². The second-order valence-electron chi connectivity index (χ2n) is 5.18. The highest BCUT2D eigenvalue weighted by Crippen LogP contribution is 2.21. The molecule has 0 aliphatic carbocycles. The lowest BCUT2D eigenvalue weighted by atomic mass is 10.0. The summed E-state index contributed by atoms with van der Waals surface area (Å²) in [5.41, 5.74) is 1.77. The fourth-order valence-corrected chi connectivity index (χ4v) is 2.21. The fourth-order valence-electron chi connectivity index (χ4n) is 2.21. The molecule has 0 aliphatic rings. The van der Waals surface area contributed by atoms with Crippen LogP contribution in [0.2, 0.25) is 0 Å². The summed E-state index contributed by atoms with van der Waals surface area (Å²) in [5, 5.41) is 11.7. The monoisotopic (exact) mass is 311 g/mol. The number of carboxylic acid groups (broad SMARTS) is 1. The number of para-hydroxylation sites is 1. The third-order valence-corrected chi connectivity index (χ3v) is 3.31. The van der Waals surface area contributed by atoms with Gasteiger partial charge in [0.25, 0.3) is 0 Å². The lowest BCUT2D eigenvalue weighted by Gasteiger charge is -2.16. The smallest absolute Gasteiger partial charge is 0.326 e. The zero-order valence-corrected chi connectivity index (χ0v) is 12.9. The number of nitrogens with one attached hydrogen (secondary N) is 1. The molecule has 1 amide bonds. The quantitative estimate of drug-likeness (QED) is 0.762. The zero-order chi connectivity index (χ0) is 16.7. The van der Waals surface area contributed by atoms with E-state index in [9.17, 15) is 14.7 Å². The second-order valence-corrected chi connectivity index (χ2v) is 5.18. The van der Waals surface area contributed by atoms with E-state index in [4.69, 9.17) is 4.74 Å². The van der Waals surface area contributed by atoms with Gasteiger partial charge in [-0.05, 0) is 17.2 Å². The molecule has 2 rings (SSSR count). The Bertz CT molecular complexity index is 675. The molecule has 0 saturated carbocycles. The minimum atomic E-state index is -1.07. The molecule has 0 aromatic heterocycles. The van der Waals surface area contributed by atoms with Gasteiger partial charge in [0.2, 0.25) is 7.85 Å². The maximum Gasteiger partial charge on any atom is 0.326 e. The average Bonchev–Trinajstić information content (AvgIpc) is 2.54. The highest BCUT2D eigenvalue weighted by atomic mass is 16.5. The standard InChI is InChI=1S/C17H18BNO4/c18-17(22)19-14(16(20)21)10-13-8-4-5-9-15(13)23-11-12-6-2-1-3-7-12/h1-9,14H,10-11,18H2,(H,19,22)(H,20,21)/t14-/m1/s1. The van der Waals surface area contributed by atoms with Crippen molar-refractivity contribution in [3.8, 4) is 5.75 Å². The zero-order valence-electron chi connectivity index (χ0n) is 12.9. The number of aliphatic carboxylic acids is 1. The molecule has 0 fully saturated rings. The van der Waals surface area contributed by atoms with Crippen LogP contribution in [0.15, 0.2) is 54.6 Å². The molecule has 0 bridgehead atoms. The van der Waals surface area contributed by atoms with Gasteiger partial charge >= 0.3 is 5.97 Å². The Morgan fingerprint density at radius 1 is 1.09 bits per heavy atom. The first-order valence-corrected chi connectivity index (χ1v) is 7.31. The summed E-state index contributed by atoms with van der Waals surface area (Å²) < 4.78 is 5.80. The topological polar surface area (TPSA) is 75.6 Å². The molecule has 0 spiro atoms. The number of hydrogen-bond donors (Lipinski definition) is 2. The molecule has 0 unspecified atom stereocenters. The molecule has 118 valence electrons. The van der Waals surface area contributed by atoms with Gasteiger partial charge in [-0.1, -0.05) is 48.5 Å². The number of amides is 1. The molecule has 5 nitrogen and oxygen atoms in total.